The molecule has 1 fully saturated rings. The fourth-order valence-electron chi connectivity index (χ4n) is 2.00. The van der Waals surface area contributed by atoms with E-state index in [1.165, 1.54) is 0 Å². The molecule has 1 aromatic rings. The van der Waals surface area contributed by atoms with Crippen LogP contribution in [0.15, 0.2) is 28.7 Å². The molecule has 1 heterocycles. The van der Waals surface area contributed by atoms with E-state index in [2.05, 4.69) is 21.2 Å². The SMILES string of the molecule is CC1CC(NC(=O)c2ccc(Br)cc2)CCO1. The molecule has 4 heteroatoms. The Morgan fingerprint density at radius 3 is 2.76 bits per heavy atom. The Labute approximate surface area is 110 Å². The summed E-state index contributed by atoms with van der Waals surface area (Å²) in [5, 5.41) is 3.05. The summed E-state index contributed by atoms with van der Waals surface area (Å²) in [5.74, 6) is -0.00315. The van der Waals surface area contributed by atoms with Crippen LogP contribution in [0.4, 0.5) is 0 Å². The molecule has 0 aromatic heterocycles. The zero-order chi connectivity index (χ0) is 12.3. The lowest BCUT2D eigenvalue weighted by Gasteiger charge is -2.27. The van der Waals surface area contributed by atoms with Gasteiger partial charge in [-0.25, -0.2) is 0 Å². The molecule has 0 spiro atoms. The van der Waals surface area contributed by atoms with Crippen molar-refractivity contribution >= 4 is 21.8 Å². The van der Waals surface area contributed by atoms with Gasteiger partial charge in [-0.3, -0.25) is 4.79 Å². The summed E-state index contributed by atoms with van der Waals surface area (Å²) in [6.07, 6.45) is 2.02. The van der Waals surface area contributed by atoms with Crippen molar-refractivity contribution in [1.29, 1.82) is 0 Å². The van der Waals surface area contributed by atoms with Crippen molar-refractivity contribution in [2.24, 2.45) is 0 Å². The Hall–Kier alpha value is -0.870. The Kier molecular flexibility index (Phi) is 4.18. The molecule has 0 aliphatic carbocycles. The maximum absolute atomic E-state index is 12.0. The van der Waals surface area contributed by atoms with Gasteiger partial charge in [-0.1, -0.05) is 15.9 Å². The van der Waals surface area contributed by atoms with Gasteiger partial charge in [0, 0.05) is 22.7 Å². The highest BCUT2D eigenvalue weighted by Crippen LogP contribution is 2.15. The number of amides is 1. The predicted octanol–water partition coefficient (Wildman–Crippen LogP) is 2.75. The lowest BCUT2D eigenvalue weighted by molar-refractivity contribution is 0.0136. The smallest absolute Gasteiger partial charge is 0.251 e. The Morgan fingerprint density at radius 2 is 2.12 bits per heavy atom. The largest absolute Gasteiger partial charge is 0.378 e. The average Bonchev–Trinajstić information content (AvgIpc) is 2.29. The van der Waals surface area contributed by atoms with Crippen molar-refractivity contribution in [3.63, 3.8) is 0 Å². The Balaban J connectivity index is 1.94. The zero-order valence-corrected chi connectivity index (χ0v) is 11.4. The Bertz CT molecular complexity index is 391. The first-order chi connectivity index (χ1) is 8.15. The molecule has 2 unspecified atom stereocenters. The van der Waals surface area contributed by atoms with Crippen molar-refractivity contribution in [2.45, 2.75) is 31.9 Å². The molecule has 1 aromatic carbocycles. The van der Waals surface area contributed by atoms with Crippen molar-refractivity contribution in [1.82, 2.24) is 5.32 Å². The van der Waals surface area contributed by atoms with Crippen LogP contribution in [0.25, 0.3) is 0 Å². The first-order valence-corrected chi connectivity index (χ1v) is 6.62. The van der Waals surface area contributed by atoms with Crippen LogP contribution in [-0.2, 0) is 4.74 Å². The van der Waals surface area contributed by atoms with Crippen LogP contribution < -0.4 is 5.32 Å². The second-order valence-corrected chi connectivity index (χ2v) is 5.30. The van der Waals surface area contributed by atoms with Crippen LogP contribution in [0.1, 0.15) is 30.1 Å². The van der Waals surface area contributed by atoms with Gasteiger partial charge < -0.3 is 10.1 Å². The van der Waals surface area contributed by atoms with Crippen LogP contribution in [0.2, 0.25) is 0 Å². The van der Waals surface area contributed by atoms with Gasteiger partial charge in [-0.2, -0.15) is 0 Å². The monoisotopic (exact) mass is 297 g/mol. The molecule has 2 rings (SSSR count). The molecular weight excluding hydrogens is 282 g/mol. The predicted molar refractivity (Wildman–Crippen MR) is 70.0 cm³/mol. The lowest BCUT2D eigenvalue weighted by atomic mass is 10.0. The third-order valence-corrected chi connectivity index (χ3v) is 3.46. The average molecular weight is 298 g/mol. The number of ether oxygens (including phenoxy) is 1. The summed E-state index contributed by atoms with van der Waals surface area (Å²) >= 11 is 3.35. The minimum Gasteiger partial charge on any atom is -0.378 e. The third-order valence-electron chi connectivity index (χ3n) is 2.93. The van der Waals surface area contributed by atoms with Crippen LogP contribution in [0.5, 0.6) is 0 Å². The van der Waals surface area contributed by atoms with Gasteiger partial charge in [0.25, 0.3) is 5.91 Å². The minimum absolute atomic E-state index is 0.00315. The summed E-state index contributed by atoms with van der Waals surface area (Å²) in [6, 6.07) is 7.63. The van der Waals surface area contributed by atoms with E-state index in [9.17, 15) is 4.79 Å². The van der Waals surface area contributed by atoms with Crippen LogP contribution >= 0.6 is 15.9 Å². The summed E-state index contributed by atoms with van der Waals surface area (Å²) in [5.41, 5.74) is 0.701. The minimum atomic E-state index is -0.00315. The van der Waals surface area contributed by atoms with Crippen LogP contribution in [-0.4, -0.2) is 24.7 Å². The fraction of sp³-hybridized carbons (Fsp3) is 0.462. The van der Waals surface area contributed by atoms with Gasteiger partial charge in [-0.05, 0) is 44.0 Å². The molecule has 0 saturated carbocycles. The lowest BCUT2D eigenvalue weighted by Crippen LogP contribution is -2.41. The van der Waals surface area contributed by atoms with E-state index in [1.54, 1.807) is 0 Å². The number of halogens is 1. The number of rotatable bonds is 2. The van der Waals surface area contributed by atoms with Crippen LogP contribution in [0, 0.1) is 0 Å². The number of nitrogens with one attached hydrogen (secondary N) is 1. The van der Waals surface area contributed by atoms with Gasteiger partial charge in [0.05, 0.1) is 6.10 Å². The van der Waals surface area contributed by atoms with Gasteiger partial charge >= 0.3 is 0 Å². The van der Waals surface area contributed by atoms with Gasteiger partial charge in [0.15, 0.2) is 0 Å². The van der Waals surface area contributed by atoms with Crippen molar-refractivity contribution in [3.05, 3.63) is 34.3 Å². The summed E-state index contributed by atoms with van der Waals surface area (Å²) in [7, 11) is 0. The standard InChI is InChI=1S/C13H16BrNO2/c1-9-8-12(6-7-17-9)15-13(16)10-2-4-11(14)5-3-10/h2-5,9,12H,6-8H2,1H3,(H,15,16). The van der Waals surface area contributed by atoms with Crippen LogP contribution in [0.3, 0.4) is 0 Å². The Morgan fingerprint density at radius 1 is 1.41 bits per heavy atom. The molecule has 1 amide bonds. The fourth-order valence-corrected chi connectivity index (χ4v) is 2.26. The summed E-state index contributed by atoms with van der Waals surface area (Å²) < 4.78 is 6.43. The van der Waals surface area contributed by atoms with E-state index in [-0.39, 0.29) is 18.1 Å². The quantitative estimate of drug-likeness (QED) is 0.911. The molecule has 0 radical (unpaired) electrons. The molecule has 92 valence electrons. The van der Waals surface area contributed by atoms with Gasteiger partial charge in [0.2, 0.25) is 0 Å². The second-order valence-electron chi connectivity index (χ2n) is 4.38. The number of hydrogen-bond acceptors (Lipinski definition) is 2. The topological polar surface area (TPSA) is 38.3 Å². The molecule has 1 saturated heterocycles. The summed E-state index contributed by atoms with van der Waals surface area (Å²) in [4.78, 5) is 12.0. The molecule has 1 aliphatic heterocycles. The van der Waals surface area contributed by atoms with E-state index in [0.29, 0.717) is 5.56 Å². The van der Waals surface area contributed by atoms with Crippen molar-refractivity contribution in [2.75, 3.05) is 6.61 Å². The third kappa shape index (κ3) is 3.54. The zero-order valence-electron chi connectivity index (χ0n) is 9.78. The second kappa shape index (κ2) is 5.65. The van der Waals surface area contributed by atoms with Crippen molar-refractivity contribution < 1.29 is 9.53 Å². The van der Waals surface area contributed by atoms with E-state index in [1.807, 2.05) is 31.2 Å². The van der Waals surface area contributed by atoms with E-state index >= 15 is 0 Å². The molecule has 3 nitrogen and oxygen atoms in total. The normalized spacial score (nSPS) is 24.4. The molecule has 2 atom stereocenters. The first kappa shape index (κ1) is 12.6. The van der Waals surface area contributed by atoms with E-state index < -0.39 is 0 Å². The first-order valence-electron chi connectivity index (χ1n) is 5.83. The number of carbonyl (C=O) groups excluding carboxylic acids is 1. The maximum Gasteiger partial charge on any atom is 0.251 e. The van der Waals surface area contributed by atoms with Gasteiger partial charge in [0.1, 0.15) is 0 Å². The highest BCUT2D eigenvalue weighted by atomic mass is 79.9. The molecule has 0 bridgehead atoms. The number of benzene rings is 1. The number of hydrogen-bond donors (Lipinski definition) is 1. The summed E-state index contributed by atoms with van der Waals surface area (Å²) in [6.45, 7) is 2.77. The van der Waals surface area contributed by atoms with Crippen molar-refractivity contribution in [3.8, 4) is 0 Å². The van der Waals surface area contributed by atoms with Gasteiger partial charge in [-0.15, -0.1) is 0 Å². The molecule has 17 heavy (non-hydrogen) atoms. The highest BCUT2D eigenvalue weighted by Gasteiger charge is 2.21. The molecular formula is C13H16BrNO2. The molecule has 1 aliphatic rings. The maximum atomic E-state index is 12.0. The highest BCUT2D eigenvalue weighted by molar-refractivity contribution is 9.10. The number of carbonyl (C=O) groups is 1. The molecule has 1 N–H and O–H groups in total. The van der Waals surface area contributed by atoms with E-state index in [4.69, 9.17) is 4.74 Å². The van der Waals surface area contributed by atoms with E-state index in [0.717, 1.165) is 23.9 Å².